The van der Waals surface area contributed by atoms with E-state index in [1.165, 1.54) is 0 Å². The number of carbonyl (C=O) groups excluding carboxylic acids is 2. The average molecular weight is 373 g/mol. The number of aryl methyl sites for hydroxylation is 1. The minimum Gasteiger partial charge on any atom is -0.441 e. The molecule has 4 heterocycles. The van der Waals surface area contributed by atoms with Crippen LogP contribution in [0.3, 0.4) is 0 Å². The Labute approximate surface area is 156 Å². The van der Waals surface area contributed by atoms with E-state index < -0.39 is 5.60 Å². The number of likely N-dealkylation sites (N-methyl/N-ethyl adjacent to an activating group) is 1. The number of hydrogen-bond acceptors (Lipinski definition) is 6. The first-order valence-electron chi connectivity index (χ1n) is 9.08. The molecular formula is C18H23N5O4. The first kappa shape index (κ1) is 17.6. The van der Waals surface area contributed by atoms with Crippen LogP contribution in [-0.2, 0) is 11.8 Å². The van der Waals surface area contributed by atoms with Crippen LogP contribution in [0.5, 0.6) is 0 Å². The van der Waals surface area contributed by atoms with Gasteiger partial charge >= 0.3 is 6.09 Å². The number of hydrogen-bond donors (Lipinski definition) is 0. The Bertz CT molecular complexity index is 888. The van der Waals surface area contributed by atoms with Gasteiger partial charge in [-0.05, 0) is 19.8 Å². The van der Waals surface area contributed by atoms with Gasteiger partial charge in [-0.3, -0.25) is 9.48 Å². The molecule has 1 unspecified atom stereocenters. The predicted molar refractivity (Wildman–Crippen MR) is 95.0 cm³/mol. The van der Waals surface area contributed by atoms with Gasteiger partial charge in [-0.15, -0.1) is 0 Å². The lowest BCUT2D eigenvalue weighted by Gasteiger charge is -2.25. The molecule has 0 bridgehead atoms. The second-order valence-electron chi connectivity index (χ2n) is 7.40. The van der Waals surface area contributed by atoms with Crippen molar-refractivity contribution >= 4 is 12.0 Å². The number of amides is 2. The molecule has 2 aromatic heterocycles. The average Bonchev–Trinajstić information content (AvgIpc) is 3.26. The lowest BCUT2D eigenvalue weighted by atomic mass is 9.95. The Morgan fingerprint density at radius 2 is 2.07 bits per heavy atom. The Morgan fingerprint density at radius 1 is 1.26 bits per heavy atom. The van der Waals surface area contributed by atoms with Gasteiger partial charge in [-0.2, -0.15) is 5.10 Å². The molecule has 2 amide bonds. The molecule has 9 nitrogen and oxygen atoms in total. The number of aromatic nitrogens is 3. The molecule has 1 atom stereocenters. The Kier molecular flexibility index (Phi) is 4.16. The van der Waals surface area contributed by atoms with Gasteiger partial charge in [0.25, 0.3) is 5.91 Å². The van der Waals surface area contributed by atoms with E-state index in [4.69, 9.17) is 9.26 Å². The second-order valence-corrected chi connectivity index (χ2v) is 7.40. The summed E-state index contributed by atoms with van der Waals surface area (Å²) in [6.45, 7) is 3.63. The summed E-state index contributed by atoms with van der Waals surface area (Å²) in [7, 11) is 3.59. The van der Waals surface area contributed by atoms with Crippen molar-refractivity contribution in [3.63, 3.8) is 0 Å². The summed E-state index contributed by atoms with van der Waals surface area (Å²) in [6.07, 6.45) is 3.57. The number of ether oxygens (including phenoxy) is 1. The van der Waals surface area contributed by atoms with E-state index in [0.29, 0.717) is 31.8 Å². The van der Waals surface area contributed by atoms with E-state index in [9.17, 15) is 9.59 Å². The van der Waals surface area contributed by atoms with E-state index in [1.54, 1.807) is 33.8 Å². The quantitative estimate of drug-likeness (QED) is 0.797. The van der Waals surface area contributed by atoms with Crippen molar-refractivity contribution in [2.45, 2.75) is 31.8 Å². The highest BCUT2D eigenvalue weighted by molar-refractivity contribution is 5.93. The summed E-state index contributed by atoms with van der Waals surface area (Å²) < 4.78 is 12.7. The fourth-order valence-corrected chi connectivity index (χ4v) is 3.83. The Morgan fingerprint density at radius 3 is 2.74 bits per heavy atom. The van der Waals surface area contributed by atoms with Gasteiger partial charge in [0.2, 0.25) is 0 Å². The zero-order chi connectivity index (χ0) is 19.2. The highest BCUT2D eigenvalue weighted by Crippen LogP contribution is 2.33. The number of likely N-dealkylation sites (tertiary alicyclic amines) is 1. The van der Waals surface area contributed by atoms with E-state index >= 15 is 0 Å². The van der Waals surface area contributed by atoms with Crippen molar-refractivity contribution in [1.82, 2.24) is 24.7 Å². The van der Waals surface area contributed by atoms with Crippen LogP contribution in [0.2, 0.25) is 0 Å². The lowest BCUT2D eigenvalue weighted by molar-refractivity contribution is 0.0438. The van der Waals surface area contributed by atoms with Gasteiger partial charge in [0.05, 0.1) is 18.3 Å². The minimum atomic E-state index is -0.483. The maximum Gasteiger partial charge on any atom is 0.410 e. The molecule has 2 saturated heterocycles. The zero-order valence-electron chi connectivity index (χ0n) is 15.8. The molecule has 2 aliphatic rings. The van der Waals surface area contributed by atoms with Gasteiger partial charge in [-0.1, -0.05) is 5.16 Å². The van der Waals surface area contributed by atoms with Crippen molar-refractivity contribution in [3.05, 3.63) is 23.7 Å². The van der Waals surface area contributed by atoms with Crippen LogP contribution in [0.25, 0.3) is 11.3 Å². The predicted octanol–water partition coefficient (Wildman–Crippen LogP) is 1.83. The molecule has 2 fully saturated rings. The smallest absolute Gasteiger partial charge is 0.410 e. The summed E-state index contributed by atoms with van der Waals surface area (Å²) in [4.78, 5) is 28.0. The molecule has 4 rings (SSSR count). The van der Waals surface area contributed by atoms with Gasteiger partial charge in [-0.25, -0.2) is 4.79 Å². The third-order valence-corrected chi connectivity index (χ3v) is 5.56. The third kappa shape index (κ3) is 3.07. The SMILES string of the molecule is Cc1c(-c2cc(C(=O)N3CCCC4(CC3)CN(C)C(=O)O4)no2)cnn1C. The zero-order valence-corrected chi connectivity index (χ0v) is 15.8. The number of rotatable bonds is 2. The Hall–Kier alpha value is -2.84. The molecule has 1 spiro atoms. The summed E-state index contributed by atoms with van der Waals surface area (Å²) in [5, 5.41) is 8.15. The van der Waals surface area contributed by atoms with Gasteiger partial charge in [0, 0.05) is 45.4 Å². The minimum absolute atomic E-state index is 0.165. The summed E-state index contributed by atoms with van der Waals surface area (Å²) in [5.41, 5.74) is 1.56. The molecule has 0 aliphatic carbocycles. The largest absolute Gasteiger partial charge is 0.441 e. The highest BCUT2D eigenvalue weighted by Gasteiger charge is 2.44. The molecule has 0 saturated carbocycles. The van der Waals surface area contributed by atoms with Gasteiger partial charge < -0.3 is 19.1 Å². The van der Waals surface area contributed by atoms with Crippen molar-refractivity contribution in [2.24, 2.45) is 7.05 Å². The van der Waals surface area contributed by atoms with Crippen molar-refractivity contribution in [2.75, 3.05) is 26.7 Å². The van der Waals surface area contributed by atoms with E-state index in [1.807, 2.05) is 14.0 Å². The number of nitrogens with zero attached hydrogens (tertiary/aromatic N) is 5. The molecule has 9 heteroatoms. The lowest BCUT2D eigenvalue weighted by Crippen LogP contribution is -2.36. The van der Waals surface area contributed by atoms with Crippen molar-refractivity contribution < 1.29 is 18.8 Å². The van der Waals surface area contributed by atoms with Crippen molar-refractivity contribution in [1.29, 1.82) is 0 Å². The molecule has 27 heavy (non-hydrogen) atoms. The van der Waals surface area contributed by atoms with Crippen LogP contribution in [-0.4, -0.2) is 69.0 Å². The maximum absolute atomic E-state index is 12.9. The highest BCUT2D eigenvalue weighted by atomic mass is 16.6. The van der Waals surface area contributed by atoms with Crippen LogP contribution in [0.15, 0.2) is 16.8 Å². The molecular weight excluding hydrogens is 350 g/mol. The first-order chi connectivity index (χ1) is 12.9. The first-order valence-corrected chi connectivity index (χ1v) is 9.08. The summed E-state index contributed by atoms with van der Waals surface area (Å²) in [6, 6.07) is 1.66. The normalized spacial score (nSPS) is 23.0. The molecule has 0 radical (unpaired) electrons. The van der Waals surface area contributed by atoms with Crippen LogP contribution in [0.1, 0.15) is 35.4 Å². The molecule has 144 valence electrons. The van der Waals surface area contributed by atoms with E-state index in [0.717, 1.165) is 24.1 Å². The summed E-state index contributed by atoms with van der Waals surface area (Å²) in [5.74, 6) is 0.364. The van der Waals surface area contributed by atoms with E-state index in [-0.39, 0.29) is 17.7 Å². The van der Waals surface area contributed by atoms with Crippen molar-refractivity contribution in [3.8, 4) is 11.3 Å². The van der Waals surface area contributed by atoms with E-state index in [2.05, 4.69) is 10.3 Å². The van der Waals surface area contributed by atoms with Crippen LogP contribution in [0.4, 0.5) is 4.79 Å². The topological polar surface area (TPSA) is 93.7 Å². The Balaban J connectivity index is 1.47. The molecule has 0 aromatic carbocycles. The monoisotopic (exact) mass is 373 g/mol. The maximum atomic E-state index is 12.9. The summed E-state index contributed by atoms with van der Waals surface area (Å²) >= 11 is 0. The fraction of sp³-hybridized carbons (Fsp3) is 0.556. The van der Waals surface area contributed by atoms with Crippen LogP contribution in [0, 0.1) is 6.92 Å². The standard InChI is InChI=1S/C18H23N5O4/c1-12-13(10-19-22(12)3)15-9-14(20-27-15)16(24)23-7-4-5-18(6-8-23)11-21(2)17(25)26-18/h9-10H,4-8,11H2,1-3H3. The molecule has 2 aliphatic heterocycles. The van der Waals surface area contributed by atoms with Crippen LogP contribution < -0.4 is 0 Å². The van der Waals surface area contributed by atoms with Crippen LogP contribution >= 0.6 is 0 Å². The second kappa shape index (κ2) is 6.40. The molecule has 0 N–H and O–H groups in total. The third-order valence-electron chi connectivity index (χ3n) is 5.56. The number of carbonyl (C=O) groups is 2. The fourth-order valence-electron chi connectivity index (χ4n) is 3.83. The molecule has 2 aromatic rings. The van der Waals surface area contributed by atoms with Gasteiger partial charge in [0.15, 0.2) is 11.5 Å². The van der Waals surface area contributed by atoms with Gasteiger partial charge in [0.1, 0.15) is 5.60 Å².